The van der Waals surface area contributed by atoms with Gasteiger partial charge >= 0.3 is 0 Å². The number of carbonyl (C=O) groups excluding carboxylic acids is 1. The Morgan fingerprint density at radius 2 is 2.00 bits per heavy atom. The van der Waals surface area contributed by atoms with E-state index in [9.17, 15) is 4.79 Å². The number of carbonyl (C=O) groups is 1. The summed E-state index contributed by atoms with van der Waals surface area (Å²) in [5.41, 5.74) is 4.19. The first-order valence-electron chi connectivity index (χ1n) is 5.24. The minimum atomic E-state index is 0.672. The van der Waals surface area contributed by atoms with Crippen LogP contribution in [-0.2, 0) is 6.42 Å². The molecule has 0 bridgehead atoms. The topological polar surface area (TPSA) is 30.0 Å². The third kappa shape index (κ3) is 2.16. The fourth-order valence-electron chi connectivity index (χ4n) is 1.72. The lowest BCUT2D eigenvalue weighted by molar-refractivity contribution is 0.112. The molecule has 0 amide bonds. The quantitative estimate of drug-likeness (QED) is 0.731. The van der Waals surface area contributed by atoms with E-state index in [0.29, 0.717) is 5.56 Å². The Hall–Kier alpha value is -1.96. The van der Waals surface area contributed by atoms with Crippen LogP contribution in [0.3, 0.4) is 0 Å². The number of aromatic nitrogens is 1. The Morgan fingerprint density at radius 1 is 1.19 bits per heavy atom. The van der Waals surface area contributed by atoms with E-state index in [2.05, 4.69) is 24.0 Å². The first-order valence-corrected chi connectivity index (χ1v) is 5.24. The van der Waals surface area contributed by atoms with Crippen LogP contribution in [0.2, 0.25) is 0 Å². The van der Waals surface area contributed by atoms with E-state index in [1.165, 1.54) is 11.1 Å². The minimum absolute atomic E-state index is 0.672. The van der Waals surface area contributed by atoms with Crippen LogP contribution in [0.5, 0.6) is 0 Å². The Morgan fingerprint density at radius 3 is 2.75 bits per heavy atom. The molecule has 0 spiro atoms. The minimum Gasteiger partial charge on any atom is -0.298 e. The lowest BCUT2D eigenvalue weighted by atomic mass is 9.99. The van der Waals surface area contributed by atoms with Crippen molar-refractivity contribution in [1.82, 2.24) is 4.98 Å². The highest BCUT2D eigenvalue weighted by Gasteiger charge is 2.04. The molecule has 0 aliphatic heterocycles. The largest absolute Gasteiger partial charge is 0.298 e. The molecule has 0 aliphatic carbocycles. The molecule has 0 radical (unpaired) electrons. The molecular weight excluding hydrogens is 198 g/mol. The van der Waals surface area contributed by atoms with Crippen molar-refractivity contribution in [3.8, 4) is 0 Å². The van der Waals surface area contributed by atoms with Gasteiger partial charge in [-0.2, -0.15) is 0 Å². The first-order chi connectivity index (χ1) is 7.81. The maximum atomic E-state index is 10.9. The van der Waals surface area contributed by atoms with E-state index < -0.39 is 0 Å². The predicted octanol–water partition coefficient (Wildman–Crippen LogP) is 2.79. The molecule has 0 atom stereocenters. The summed E-state index contributed by atoms with van der Waals surface area (Å²) in [5, 5.41) is 0. The lowest BCUT2D eigenvalue weighted by Crippen LogP contribution is -1.97. The van der Waals surface area contributed by atoms with Gasteiger partial charge in [-0.1, -0.05) is 24.3 Å². The number of hydrogen-bond acceptors (Lipinski definition) is 2. The first kappa shape index (κ1) is 10.6. The highest BCUT2D eigenvalue weighted by molar-refractivity contribution is 5.76. The summed E-state index contributed by atoms with van der Waals surface area (Å²) < 4.78 is 0. The molecule has 80 valence electrons. The van der Waals surface area contributed by atoms with Gasteiger partial charge in [0, 0.05) is 18.0 Å². The SMILES string of the molecule is Cc1ccccc1Cc1ccncc1C=O. The molecule has 0 saturated heterocycles. The molecule has 2 aromatic rings. The molecule has 0 aliphatic rings. The summed E-state index contributed by atoms with van der Waals surface area (Å²) in [6.45, 7) is 2.08. The molecule has 16 heavy (non-hydrogen) atoms. The molecule has 2 nitrogen and oxygen atoms in total. The standard InChI is InChI=1S/C14H13NO/c1-11-4-2-3-5-12(11)8-13-6-7-15-9-14(13)10-16/h2-7,9-10H,8H2,1H3. The van der Waals surface area contributed by atoms with Crippen molar-refractivity contribution >= 4 is 6.29 Å². The van der Waals surface area contributed by atoms with Gasteiger partial charge in [-0.15, -0.1) is 0 Å². The van der Waals surface area contributed by atoms with Crippen LogP contribution < -0.4 is 0 Å². The number of benzene rings is 1. The van der Waals surface area contributed by atoms with Crippen molar-refractivity contribution in [3.05, 3.63) is 65.0 Å². The van der Waals surface area contributed by atoms with Crippen LogP contribution in [0.15, 0.2) is 42.7 Å². The van der Waals surface area contributed by atoms with Crippen molar-refractivity contribution < 1.29 is 4.79 Å². The van der Waals surface area contributed by atoms with Gasteiger partial charge in [0.1, 0.15) is 0 Å². The average Bonchev–Trinajstić information content (AvgIpc) is 2.33. The Bertz CT molecular complexity index is 506. The maximum Gasteiger partial charge on any atom is 0.151 e. The van der Waals surface area contributed by atoms with Crippen LogP contribution in [0.4, 0.5) is 0 Å². The highest BCUT2D eigenvalue weighted by atomic mass is 16.1. The van der Waals surface area contributed by atoms with Crippen LogP contribution >= 0.6 is 0 Å². The van der Waals surface area contributed by atoms with Gasteiger partial charge in [0.05, 0.1) is 0 Å². The fourth-order valence-corrected chi connectivity index (χ4v) is 1.72. The van der Waals surface area contributed by atoms with Crippen LogP contribution in [0.25, 0.3) is 0 Å². The third-order valence-electron chi connectivity index (χ3n) is 2.72. The van der Waals surface area contributed by atoms with Gasteiger partial charge in [-0.3, -0.25) is 9.78 Å². The molecule has 1 aromatic carbocycles. The van der Waals surface area contributed by atoms with Crippen LogP contribution in [-0.4, -0.2) is 11.3 Å². The van der Waals surface area contributed by atoms with E-state index in [1.807, 2.05) is 18.2 Å². The second kappa shape index (κ2) is 4.71. The number of rotatable bonds is 3. The molecule has 2 heteroatoms. The summed E-state index contributed by atoms with van der Waals surface area (Å²) in [6.07, 6.45) is 4.98. The van der Waals surface area contributed by atoms with E-state index in [0.717, 1.165) is 18.3 Å². The number of pyridine rings is 1. The summed E-state index contributed by atoms with van der Waals surface area (Å²) in [7, 11) is 0. The van der Waals surface area contributed by atoms with Crippen molar-refractivity contribution in [1.29, 1.82) is 0 Å². The number of aldehydes is 1. The predicted molar refractivity (Wildman–Crippen MR) is 63.6 cm³/mol. The molecule has 1 aromatic heterocycles. The van der Waals surface area contributed by atoms with E-state index >= 15 is 0 Å². The molecule has 0 N–H and O–H groups in total. The van der Waals surface area contributed by atoms with Crippen molar-refractivity contribution in [2.24, 2.45) is 0 Å². The average molecular weight is 211 g/mol. The Balaban J connectivity index is 2.34. The Labute approximate surface area is 95.0 Å². The highest BCUT2D eigenvalue weighted by Crippen LogP contribution is 2.15. The van der Waals surface area contributed by atoms with Gasteiger partial charge in [0.25, 0.3) is 0 Å². The van der Waals surface area contributed by atoms with Crippen molar-refractivity contribution in [2.75, 3.05) is 0 Å². The zero-order valence-corrected chi connectivity index (χ0v) is 9.18. The molecular formula is C14H13NO. The fraction of sp³-hybridized carbons (Fsp3) is 0.143. The van der Waals surface area contributed by atoms with Crippen LogP contribution in [0, 0.1) is 6.92 Å². The van der Waals surface area contributed by atoms with Crippen molar-refractivity contribution in [2.45, 2.75) is 13.3 Å². The maximum absolute atomic E-state index is 10.9. The van der Waals surface area contributed by atoms with Gasteiger partial charge in [-0.05, 0) is 36.1 Å². The monoisotopic (exact) mass is 211 g/mol. The molecule has 2 rings (SSSR count). The molecule has 0 saturated carbocycles. The third-order valence-corrected chi connectivity index (χ3v) is 2.72. The summed E-state index contributed by atoms with van der Waals surface area (Å²) >= 11 is 0. The van der Waals surface area contributed by atoms with Gasteiger partial charge < -0.3 is 0 Å². The number of hydrogen-bond donors (Lipinski definition) is 0. The summed E-state index contributed by atoms with van der Waals surface area (Å²) in [5.74, 6) is 0. The second-order valence-corrected chi connectivity index (χ2v) is 3.80. The summed E-state index contributed by atoms with van der Waals surface area (Å²) in [6, 6.07) is 10.1. The van der Waals surface area contributed by atoms with E-state index in [4.69, 9.17) is 0 Å². The van der Waals surface area contributed by atoms with E-state index in [1.54, 1.807) is 12.4 Å². The van der Waals surface area contributed by atoms with E-state index in [-0.39, 0.29) is 0 Å². The zero-order valence-electron chi connectivity index (χ0n) is 9.18. The van der Waals surface area contributed by atoms with Crippen molar-refractivity contribution in [3.63, 3.8) is 0 Å². The second-order valence-electron chi connectivity index (χ2n) is 3.80. The smallest absolute Gasteiger partial charge is 0.151 e. The van der Waals surface area contributed by atoms with Gasteiger partial charge in [0.2, 0.25) is 0 Å². The number of nitrogens with zero attached hydrogens (tertiary/aromatic N) is 1. The molecule has 0 fully saturated rings. The van der Waals surface area contributed by atoms with Crippen LogP contribution in [0.1, 0.15) is 27.0 Å². The number of aryl methyl sites for hydroxylation is 1. The molecule has 0 unspecified atom stereocenters. The van der Waals surface area contributed by atoms with Gasteiger partial charge in [-0.25, -0.2) is 0 Å². The normalized spacial score (nSPS) is 10.1. The zero-order chi connectivity index (χ0) is 11.4. The van der Waals surface area contributed by atoms with Gasteiger partial charge in [0.15, 0.2) is 6.29 Å². The summed E-state index contributed by atoms with van der Waals surface area (Å²) in [4.78, 5) is 14.8. The Kier molecular flexibility index (Phi) is 3.10. The molecule has 1 heterocycles. The lowest BCUT2D eigenvalue weighted by Gasteiger charge is -2.07.